The van der Waals surface area contributed by atoms with Gasteiger partial charge < -0.3 is 20.1 Å². The lowest BCUT2D eigenvalue weighted by Crippen LogP contribution is -2.37. The highest BCUT2D eigenvalue weighted by molar-refractivity contribution is 5.94. The minimum Gasteiger partial charge on any atom is -0.364 e. The SMILES string of the molecule is CN=C(NCCc1cccc(C(=O)N(C)C)c1)NCc1ccon1. The molecule has 1 aromatic heterocycles. The summed E-state index contributed by atoms with van der Waals surface area (Å²) in [4.78, 5) is 17.7. The summed E-state index contributed by atoms with van der Waals surface area (Å²) >= 11 is 0. The van der Waals surface area contributed by atoms with E-state index in [1.807, 2.05) is 24.3 Å². The summed E-state index contributed by atoms with van der Waals surface area (Å²) < 4.78 is 4.79. The van der Waals surface area contributed by atoms with Crippen molar-refractivity contribution < 1.29 is 9.32 Å². The van der Waals surface area contributed by atoms with Gasteiger partial charge in [-0.15, -0.1) is 0 Å². The first-order chi connectivity index (χ1) is 11.6. The number of nitrogens with one attached hydrogen (secondary N) is 2. The largest absolute Gasteiger partial charge is 0.364 e. The minimum atomic E-state index is 0.00916. The fourth-order valence-corrected chi connectivity index (χ4v) is 2.17. The first-order valence-corrected chi connectivity index (χ1v) is 7.74. The molecule has 1 amide bonds. The van der Waals surface area contributed by atoms with Crippen molar-refractivity contribution in [1.82, 2.24) is 20.7 Å². The summed E-state index contributed by atoms with van der Waals surface area (Å²) in [5.41, 5.74) is 2.61. The van der Waals surface area contributed by atoms with Crippen molar-refractivity contribution >= 4 is 11.9 Å². The molecule has 0 saturated heterocycles. The standard InChI is InChI=1S/C17H23N5O2/c1-18-17(20-12-15-8-10-24-21-15)19-9-7-13-5-4-6-14(11-13)16(23)22(2)3/h4-6,8,10-11H,7,9,12H2,1-3H3,(H2,18,19,20). The maximum absolute atomic E-state index is 12.0. The number of hydrogen-bond donors (Lipinski definition) is 2. The van der Waals surface area contributed by atoms with Crippen LogP contribution in [0.2, 0.25) is 0 Å². The number of nitrogens with zero attached hydrogens (tertiary/aromatic N) is 3. The Morgan fingerprint density at radius 1 is 1.29 bits per heavy atom. The smallest absolute Gasteiger partial charge is 0.253 e. The van der Waals surface area contributed by atoms with Gasteiger partial charge in [-0.2, -0.15) is 0 Å². The van der Waals surface area contributed by atoms with E-state index in [9.17, 15) is 4.79 Å². The van der Waals surface area contributed by atoms with Crippen molar-refractivity contribution in [2.24, 2.45) is 4.99 Å². The van der Waals surface area contributed by atoms with Gasteiger partial charge in [0.15, 0.2) is 5.96 Å². The number of aliphatic imine (C=N–C) groups is 1. The first kappa shape index (κ1) is 17.5. The molecule has 0 aliphatic carbocycles. The highest BCUT2D eigenvalue weighted by atomic mass is 16.5. The molecule has 2 rings (SSSR count). The van der Waals surface area contributed by atoms with Crippen LogP contribution in [0.4, 0.5) is 0 Å². The molecule has 0 bridgehead atoms. The number of guanidine groups is 1. The predicted octanol–water partition coefficient (Wildman–Crippen LogP) is 1.28. The van der Waals surface area contributed by atoms with Crippen LogP contribution in [-0.2, 0) is 13.0 Å². The third-order valence-corrected chi connectivity index (χ3v) is 3.44. The second kappa shape index (κ2) is 8.71. The Labute approximate surface area is 141 Å². The van der Waals surface area contributed by atoms with E-state index in [4.69, 9.17) is 4.52 Å². The summed E-state index contributed by atoms with van der Waals surface area (Å²) in [5, 5.41) is 10.2. The van der Waals surface area contributed by atoms with Gasteiger partial charge in [0.2, 0.25) is 0 Å². The molecule has 0 atom stereocenters. The topological polar surface area (TPSA) is 82.8 Å². The van der Waals surface area contributed by atoms with E-state index in [1.165, 1.54) is 6.26 Å². The Balaban J connectivity index is 1.82. The third-order valence-electron chi connectivity index (χ3n) is 3.44. The zero-order chi connectivity index (χ0) is 17.4. The van der Waals surface area contributed by atoms with E-state index in [0.29, 0.717) is 24.6 Å². The highest BCUT2D eigenvalue weighted by Gasteiger charge is 2.08. The van der Waals surface area contributed by atoms with Crippen molar-refractivity contribution in [3.8, 4) is 0 Å². The van der Waals surface area contributed by atoms with Crippen molar-refractivity contribution in [1.29, 1.82) is 0 Å². The maximum Gasteiger partial charge on any atom is 0.253 e. The Morgan fingerprint density at radius 3 is 2.79 bits per heavy atom. The molecule has 7 heteroatoms. The van der Waals surface area contributed by atoms with Crippen LogP contribution < -0.4 is 10.6 Å². The summed E-state index contributed by atoms with van der Waals surface area (Å²) in [5.74, 6) is 0.702. The highest BCUT2D eigenvalue weighted by Crippen LogP contribution is 2.07. The zero-order valence-corrected chi connectivity index (χ0v) is 14.2. The number of carbonyl (C=O) groups excluding carboxylic acids is 1. The predicted molar refractivity (Wildman–Crippen MR) is 92.9 cm³/mol. The van der Waals surface area contributed by atoms with Gasteiger partial charge in [-0.1, -0.05) is 17.3 Å². The molecule has 0 unspecified atom stereocenters. The molecular formula is C17H23N5O2. The lowest BCUT2D eigenvalue weighted by Gasteiger charge is -2.12. The molecule has 0 aliphatic heterocycles. The molecular weight excluding hydrogens is 306 g/mol. The molecule has 7 nitrogen and oxygen atoms in total. The molecule has 0 radical (unpaired) electrons. The Morgan fingerprint density at radius 2 is 2.12 bits per heavy atom. The van der Waals surface area contributed by atoms with Gasteiger partial charge >= 0.3 is 0 Å². The number of hydrogen-bond acceptors (Lipinski definition) is 4. The number of amides is 1. The van der Waals surface area contributed by atoms with Crippen LogP contribution in [0.3, 0.4) is 0 Å². The van der Waals surface area contributed by atoms with Gasteiger partial charge in [0.05, 0.1) is 6.54 Å². The number of benzene rings is 1. The number of aromatic nitrogens is 1. The van der Waals surface area contributed by atoms with E-state index in [0.717, 1.165) is 17.7 Å². The average molecular weight is 329 g/mol. The number of rotatable bonds is 6. The van der Waals surface area contributed by atoms with Gasteiger partial charge in [0.25, 0.3) is 5.91 Å². The molecule has 1 aromatic carbocycles. The monoisotopic (exact) mass is 329 g/mol. The van der Waals surface area contributed by atoms with Gasteiger partial charge in [-0.25, -0.2) is 0 Å². The van der Waals surface area contributed by atoms with Gasteiger partial charge in [-0.05, 0) is 24.1 Å². The van der Waals surface area contributed by atoms with Crippen LogP contribution in [0.15, 0.2) is 46.1 Å². The molecule has 2 N–H and O–H groups in total. The summed E-state index contributed by atoms with van der Waals surface area (Å²) in [6.45, 7) is 1.25. The zero-order valence-electron chi connectivity index (χ0n) is 14.2. The molecule has 24 heavy (non-hydrogen) atoms. The second-order valence-electron chi connectivity index (χ2n) is 5.49. The van der Waals surface area contributed by atoms with Crippen molar-refractivity contribution in [2.45, 2.75) is 13.0 Å². The lowest BCUT2D eigenvalue weighted by molar-refractivity contribution is 0.0827. The molecule has 0 fully saturated rings. The summed E-state index contributed by atoms with van der Waals surface area (Å²) in [6, 6.07) is 9.48. The van der Waals surface area contributed by atoms with E-state index in [1.54, 1.807) is 32.1 Å². The van der Waals surface area contributed by atoms with Crippen molar-refractivity contribution in [3.05, 3.63) is 53.4 Å². The summed E-state index contributed by atoms with van der Waals surface area (Å²) in [7, 11) is 5.22. The Kier molecular flexibility index (Phi) is 6.36. The van der Waals surface area contributed by atoms with Crippen LogP contribution in [0, 0.1) is 0 Å². The lowest BCUT2D eigenvalue weighted by atomic mass is 10.1. The maximum atomic E-state index is 12.0. The second-order valence-corrected chi connectivity index (χ2v) is 5.49. The van der Waals surface area contributed by atoms with E-state index in [-0.39, 0.29) is 5.91 Å². The molecule has 2 aromatic rings. The fourth-order valence-electron chi connectivity index (χ4n) is 2.17. The molecule has 0 aliphatic rings. The summed E-state index contributed by atoms with van der Waals surface area (Å²) in [6.07, 6.45) is 2.33. The Hall–Kier alpha value is -2.83. The van der Waals surface area contributed by atoms with Crippen molar-refractivity contribution in [3.63, 3.8) is 0 Å². The van der Waals surface area contributed by atoms with Crippen LogP contribution in [0.1, 0.15) is 21.6 Å². The van der Waals surface area contributed by atoms with Crippen molar-refractivity contribution in [2.75, 3.05) is 27.7 Å². The quantitative estimate of drug-likeness (QED) is 0.616. The van der Waals surface area contributed by atoms with Gasteiger partial charge in [-0.3, -0.25) is 9.79 Å². The van der Waals surface area contributed by atoms with Crippen LogP contribution in [-0.4, -0.2) is 49.6 Å². The van der Waals surface area contributed by atoms with E-state index in [2.05, 4.69) is 20.8 Å². The van der Waals surface area contributed by atoms with Gasteiger partial charge in [0, 0.05) is 39.3 Å². The molecule has 0 saturated carbocycles. The van der Waals surface area contributed by atoms with Crippen LogP contribution in [0.5, 0.6) is 0 Å². The third kappa shape index (κ3) is 5.12. The molecule has 128 valence electrons. The fraction of sp³-hybridized carbons (Fsp3) is 0.353. The van der Waals surface area contributed by atoms with Crippen LogP contribution in [0.25, 0.3) is 0 Å². The molecule has 1 heterocycles. The minimum absolute atomic E-state index is 0.00916. The van der Waals surface area contributed by atoms with E-state index < -0.39 is 0 Å². The number of carbonyl (C=O) groups is 1. The average Bonchev–Trinajstić information content (AvgIpc) is 3.11. The van der Waals surface area contributed by atoms with E-state index >= 15 is 0 Å². The Bertz CT molecular complexity index is 680. The van der Waals surface area contributed by atoms with Crippen LogP contribution >= 0.6 is 0 Å². The normalized spacial score (nSPS) is 11.2. The molecule has 0 spiro atoms. The van der Waals surface area contributed by atoms with Gasteiger partial charge in [0.1, 0.15) is 12.0 Å². The first-order valence-electron chi connectivity index (χ1n) is 7.74.